The van der Waals surface area contributed by atoms with Crippen molar-refractivity contribution in [3.8, 4) is 0 Å². The second-order valence-corrected chi connectivity index (χ2v) is 8.99. The van der Waals surface area contributed by atoms with E-state index in [-0.39, 0.29) is 11.2 Å². The highest BCUT2D eigenvalue weighted by Gasteiger charge is 2.39. The van der Waals surface area contributed by atoms with Gasteiger partial charge in [0.2, 0.25) is 0 Å². The fourth-order valence-corrected chi connectivity index (χ4v) is 5.50. The molecule has 2 aliphatic rings. The van der Waals surface area contributed by atoms with Gasteiger partial charge in [-0.2, -0.15) is 0 Å². The van der Waals surface area contributed by atoms with Gasteiger partial charge in [0.05, 0.1) is 13.2 Å². The molecule has 3 heteroatoms. The predicted octanol–water partition coefficient (Wildman–Crippen LogP) is 5.91. The Kier molecular flexibility index (Phi) is 5.89. The number of fused-ring (bicyclic) bond motifs is 1. The summed E-state index contributed by atoms with van der Waals surface area (Å²) >= 11 is 0. The van der Waals surface area contributed by atoms with E-state index in [0.717, 1.165) is 51.1 Å². The van der Waals surface area contributed by atoms with Gasteiger partial charge >= 0.3 is 0 Å². The van der Waals surface area contributed by atoms with Crippen LogP contribution in [0.25, 0.3) is 0 Å². The minimum absolute atomic E-state index is 0.0556. The van der Waals surface area contributed by atoms with E-state index in [4.69, 9.17) is 4.74 Å². The zero-order valence-corrected chi connectivity index (χ0v) is 18.0. The van der Waals surface area contributed by atoms with Crippen LogP contribution in [0.1, 0.15) is 47.4 Å². The first-order valence-corrected chi connectivity index (χ1v) is 11.4. The van der Waals surface area contributed by atoms with Gasteiger partial charge in [0.15, 0.2) is 0 Å². The topological polar surface area (TPSA) is 12.5 Å². The number of hydrogen-bond acceptors (Lipinski definition) is 2. The molecule has 160 valence electrons. The quantitative estimate of drug-likeness (QED) is 0.513. The molecule has 0 radical (unpaired) electrons. The van der Waals surface area contributed by atoms with Gasteiger partial charge in [0.1, 0.15) is 5.82 Å². The summed E-state index contributed by atoms with van der Waals surface area (Å²) in [7, 11) is 0. The molecule has 0 bridgehead atoms. The lowest BCUT2D eigenvalue weighted by Gasteiger charge is -2.42. The zero-order valence-electron chi connectivity index (χ0n) is 18.0. The number of nitrogens with zero attached hydrogens (tertiary/aromatic N) is 1. The number of likely N-dealkylation sites (tertiary alicyclic amines) is 1. The third-order valence-electron chi connectivity index (χ3n) is 7.25. The molecular formula is C28H30FNO. The molecule has 0 aliphatic carbocycles. The largest absolute Gasteiger partial charge is 0.375 e. The number of benzene rings is 3. The molecule has 31 heavy (non-hydrogen) atoms. The number of halogens is 1. The number of rotatable bonds is 5. The molecule has 2 aliphatic heterocycles. The van der Waals surface area contributed by atoms with Gasteiger partial charge in [-0.1, -0.05) is 72.8 Å². The van der Waals surface area contributed by atoms with Crippen molar-refractivity contribution in [2.45, 2.75) is 37.2 Å². The average Bonchev–Trinajstić information content (AvgIpc) is 2.84. The Labute approximate surface area is 184 Å². The molecule has 0 amide bonds. The number of hydrogen-bond donors (Lipinski definition) is 0. The van der Waals surface area contributed by atoms with E-state index in [1.54, 1.807) is 12.1 Å². The molecule has 1 fully saturated rings. The van der Waals surface area contributed by atoms with Crippen molar-refractivity contribution in [3.63, 3.8) is 0 Å². The molecule has 0 spiro atoms. The van der Waals surface area contributed by atoms with Crippen LogP contribution in [0.5, 0.6) is 0 Å². The molecule has 5 rings (SSSR count). The first-order chi connectivity index (χ1) is 15.3. The fraction of sp³-hybridized carbons (Fsp3) is 0.357. The van der Waals surface area contributed by atoms with E-state index in [1.165, 1.54) is 16.7 Å². The number of ether oxygens (including phenoxy) is 1. The van der Waals surface area contributed by atoms with Gasteiger partial charge in [-0.25, -0.2) is 4.39 Å². The van der Waals surface area contributed by atoms with Gasteiger partial charge in [-0.15, -0.1) is 0 Å². The van der Waals surface area contributed by atoms with Gasteiger partial charge < -0.3 is 9.64 Å². The van der Waals surface area contributed by atoms with E-state index < -0.39 is 0 Å². The van der Waals surface area contributed by atoms with E-state index in [2.05, 4.69) is 59.5 Å². The van der Waals surface area contributed by atoms with Crippen LogP contribution in [0.3, 0.4) is 0 Å². The van der Waals surface area contributed by atoms with E-state index in [1.807, 2.05) is 12.1 Å². The maximum Gasteiger partial charge on any atom is 0.126 e. The van der Waals surface area contributed by atoms with Crippen molar-refractivity contribution < 1.29 is 9.13 Å². The zero-order chi connectivity index (χ0) is 21.1. The van der Waals surface area contributed by atoms with Crippen molar-refractivity contribution in [2.24, 2.45) is 0 Å². The molecule has 1 atom stereocenters. The Morgan fingerprint density at radius 3 is 2.39 bits per heavy atom. The molecule has 1 saturated heterocycles. The molecule has 2 heterocycles. The van der Waals surface area contributed by atoms with Crippen molar-refractivity contribution in [1.82, 2.24) is 4.90 Å². The highest BCUT2D eigenvalue weighted by molar-refractivity contribution is 5.45. The molecule has 3 aromatic carbocycles. The summed E-state index contributed by atoms with van der Waals surface area (Å²) in [4.78, 5) is 2.55. The molecule has 1 unspecified atom stereocenters. The fourth-order valence-electron chi connectivity index (χ4n) is 5.50. The van der Waals surface area contributed by atoms with Crippen LogP contribution in [-0.4, -0.2) is 31.1 Å². The van der Waals surface area contributed by atoms with E-state index in [0.29, 0.717) is 12.5 Å². The summed E-state index contributed by atoms with van der Waals surface area (Å²) in [5, 5.41) is 0. The summed E-state index contributed by atoms with van der Waals surface area (Å²) in [5.41, 5.74) is 4.82. The van der Waals surface area contributed by atoms with Crippen LogP contribution in [0.4, 0.5) is 4.39 Å². The van der Waals surface area contributed by atoms with Crippen LogP contribution in [0, 0.1) is 5.82 Å². The average molecular weight is 416 g/mol. The SMILES string of the molecule is Fc1ccccc1C1CCN(CCC2(c3ccccc3)COCc3ccccc32)CC1. The van der Waals surface area contributed by atoms with Crippen LogP contribution in [0.15, 0.2) is 78.9 Å². The van der Waals surface area contributed by atoms with Crippen molar-refractivity contribution in [3.05, 3.63) is 107 Å². The van der Waals surface area contributed by atoms with Crippen LogP contribution in [0.2, 0.25) is 0 Å². The van der Waals surface area contributed by atoms with Crippen LogP contribution >= 0.6 is 0 Å². The van der Waals surface area contributed by atoms with E-state index in [9.17, 15) is 4.39 Å². The summed E-state index contributed by atoms with van der Waals surface area (Å²) < 4.78 is 20.3. The third-order valence-corrected chi connectivity index (χ3v) is 7.25. The minimum atomic E-state index is -0.113. The smallest absolute Gasteiger partial charge is 0.126 e. The van der Waals surface area contributed by atoms with Crippen molar-refractivity contribution >= 4 is 0 Å². The predicted molar refractivity (Wildman–Crippen MR) is 123 cm³/mol. The summed E-state index contributed by atoms with van der Waals surface area (Å²) in [5.74, 6) is 0.277. The summed E-state index contributed by atoms with van der Waals surface area (Å²) in [6.07, 6.45) is 3.07. The molecule has 3 aromatic rings. The minimum Gasteiger partial charge on any atom is -0.375 e. The van der Waals surface area contributed by atoms with Gasteiger partial charge in [-0.05, 0) is 73.1 Å². The lowest BCUT2D eigenvalue weighted by atomic mass is 9.70. The summed E-state index contributed by atoms with van der Waals surface area (Å²) in [6.45, 7) is 4.48. The standard InChI is InChI=1S/C28H30FNO/c29-27-13-7-5-11-25(27)22-14-17-30(18-15-22)19-16-28(24-9-2-1-3-10-24)21-31-20-23-8-4-6-12-26(23)28/h1-13,22H,14-21H2. The first-order valence-electron chi connectivity index (χ1n) is 11.4. The molecule has 0 N–H and O–H groups in total. The molecule has 0 aromatic heterocycles. The lowest BCUT2D eigenvalue weighted by molar-refractivity contribution is 0.0560. The van der Waals surface area contributed by atoms with Crippen molar-refractivity contribution in [2.75, 3.05) is 26.2 Å². The van der Waals surface area contributed by atoms with Crippen LogP contribution in [-0.2, 0) is 16.8 Å². The third kappa shape index (κ3) is 4.05. The monoisotopic (exact) mass is 415 g/mol. The van der Waals surface area contributed by atoms with Gasteiger partial charge in [0, 0.05) is 5.41 Å². The Hall–Kier alpha value is -2.49. The number of piperidine rings is 1. The van der Waals surface area contributed by atoms with Gasteiger partial charge in [0.25, 0.3) is 0 Å². The highest BCUT2D eigenvalue weighted by atomic mass is 19.1. The maximum absolute atomic E-state index is 14.2. The molecule has 0 saturated carbocycles. The van der Waals surface area contributed by atoms with Crippen molar-refractivity contribution in [1.29, 1.82) is 0 Å². The molecule has 2 nitrogen and oxygen atoms in total. The Balaban J connectivity index is 1.33. The highest BCUT2D eigenvalue weighted by Crippen LogP contribution is 2.41. The molecular weight excluding hydrogens is 385 g/mol. The summed E-state index contributed by atoms with van der Waals surface area (Å²) in [6, 6.07) is 26.9. The Morgan fingerprint density at radius 1 is 0.871 bits per heavy atom. The van der Waals surface area contributed by atoms with Crippen LogP contribution < -0.4 is 0 Å². The lowest BCUT2D eigenvalue weighted by Crippen LogP contribution is -2.42. The second kappa shape index (κ2) is 8.94. The maximum atomic E-state index is 14.2. The van der Waals surface area contributed by atoms with E-state index >= 15 is 0 Å². The second-order valence-electron chi connectivity index (χ2n) is 8.99. The Morgan fingerprint density at radius 2 is 1.58 bits per heavy atom. The normalized spacial score (nSPS) is 22.2. The Bertz CT molecular complexity index is 1010. The van der Waals surface area contributed by atoms with Gasteiger partial charge in [-0.3, -0.25) is 0 Å². The first kappa shape index (κ1) is 20.4.